The lowest BCUT2D eigenvalue weighted by molar-refractivity contribution is -0.274. The molecule has 1 N–H and O–H groups in total. The Morgan fingerprint density at radius 2 is 1.59 bits per heavy atom. The van der Waals surface area contributed by atoms with Gasteiger partial charge in [-0.2, -0.15) is 0 Å². The first-order chi connectivity index (χ1) is 13.9. The lowest BCUT2D eigenvalue weighted by Gasteiger charge is -2.33. The standard InChI is InChI=1S/C22H19F3NO3/c23-22(24,25)29-19-7-5-18(6-8-19)28-21-9-10-26-13-20(21)16-2-1-15-12-17(27)4-3-14(15)11-16/h1-8,11-12,20-21,26H,9-10,13H2. The number of ether oxygens (including phenoxy) is 2. The summed E-state index contributed by atoms with van der Waals surface area (Å²) in [6, 6.07) is 16.4. The summed E-state index contributed by atoms with van der Waals surface area (Å²) in [5, 5.41) is 16.8. The number of rotatable bonds is 4. The van der Waals surface area contributed by atoms with E-state index in [2.05, 4.69) is 16.1 Å². The molecule has 3 aromatic rings. The largest absolute Gasteiger partial charge is 0.573 e. The second kappa shape index (κ2) is 7.83. The van der Waals surface area contributed by atoms with Crippen LogP contribution in [0.15, 0.2) is 60.7 Å². The Bertz CT molecular complexity index is 989. The molecule has 2 atom stereocenters. The summed E-state index contributed by atoms with van der Waals surface area (Å²) < 4.78 is 46.9. The Hall–Kier alpha value is -2.93. The number of piperidine rings is 1. The number of alkyl halides is 3. The van der Waals surface area contributed by atoms with Crippen LogP contribution in [0.3, 0.4) is 0 Å². The van der Waals surface area contributed by atoms with Gasteiger partial charge in [0.2, 0.25) is 0 Å². The Labute approximate surface area is 165 Å². The van der Waals surface area contributed by atoms with Crippen LogP contribution in [-0.2, 0) is 5.11 Å². The van der Waals surface area contributed by atoms with Gasteiger partial charge in [-0.05, 0) is 65.7 Å². The third kappa shape index (κ3) is 4.74. The van der Waals surface area contributed by atoms with Crippen LogP contribution in [0.25, 0.3) is 10.8 Å². The molecule has 1 radical (unpaired) electrons. The second-order valence-corrected chi connectivity index (χ2v) is 7.04. The van der Waals surface area contributed by atoms with Crippen LogP contribution in [0.2, 0.25) is 0 Å². The molecule has 0 aromatic heterocycles. The fourth-order valence-electron chi connectivity index (χ4n) is 3.68. The smallest absolute Gasteiger partial charge is 0.490 e. The van der Waals surface area contributed by atoms with Crippen molar-refractivity contribution >= 4 is 10.8 Å². The first kappa shape index (κ1) is 19.4. The maximum Gasteiger partial charge on any atom is 0.573 e. The average Bonchev–Trinajstić information content (AvgIpc) is 2.68. The van der Waals surface area contributed by atoms with Gasteiger partial charge in [0.25, 0.3) is 0 Å². The molecule has 1 fully saturated rings. The fourth-order valence-corrected chi connectivity index (χ4v) is 3.68. The quantitative estimate of drug-likeness (QED) is 0.635. The van der Waals surface area contributed by atoms with Crippen molar-refractivity contribution < 1.29 is 27.8 Å². The van der Waals surface area contributed by atoms with Crippen LogP contribution < -0.4 is 14.8 Å². The number of hydrogen-bond acceptors (Lipinski definition) is 3. The normalized spacial score (nSPS) is 19.8. The van der Waals surface area contributed by atoms with E-state index in [9.17, 15) is 18.3 Å². The number of hydrogen-bond donors (Lipinski definition) is 1. The topological polar surface area (TPSA) is 50.4 Å². The molecular formula is C22H19F3NO3. The molecule has 0 amide bonds. The van der Waals surface area contributed by atoms with Gasteiger partial charge in [0.05, 0.1) is 0 Å². The van der Waals surface area contributed by atoms with Crippen molar-refractivity contribution in [2.45, 2.75) is 24.8 Å². The van der Waals surface area contributed by atoms with Gasteiger partial charge in [0.1, 0.15) is 17.6 Å². The third-order valence-corrected chi connectivity index (χ3v) is 5.03. The maximum absolute atomic E-state index is 12.3. The molecule has 0 aliphatic carbocycles. The molecule has 151 valence electrons. The number of fused-ring (bicyclic) bond motifs is 1. The summed E-state index contributed by atoms with van der Waals surface area (Å²) >= 11 is 0. The zero-order chi connectivity index (χ0) is 20.4. The van der Waals surface area contributed by atoms with Crippen molar-refractivity contribution in [2.24, 2.45) is 0 Å². The molecular weight excluding hydrogens is 383 g/mol. The molecule has 1 aliphatic rings. The average molecular weight is 402 g/mol. The van der Waals surface area contributed by atoms with Crippen molar-refractivity contribution in [3.05, 3.63) is 66.2 Å². The Morgan fingerprint density at radius 3 is 2.34 bits per heavy atom. The summed E-state index contributed by atoms with van der Waals surface area (Å²) in [5.41, 5.74) is 1.09. The van der Waals surface area contributed by atoms with Gasteiger partial charge in [-0.15, -0.1) is 13.2 Å². The molecule has 2 unspecified atom stereocenters. The minimum Gasteiger partial charge on any atom is -0.490 e. The molecule has 0 bridgehead atoms. The summed E-state index contributed by atoms with van der Waals surface area (Å²) in [5.74, 6) is 0.266. The summed E-state index contributed by atoms with van der Waals surface area (Å²) in [6.07, 6.45) is -4.07. The van der Waals surface area contributed by atoms with Gasteiger partial charge in [0.15, 0.2) is 5.75 Å². The first-order valence-corrected chi connectivity index (χ1v) is 9.31. The highest BCUT2D eigenvalue weighted by Gasteiger charge is 2.31. The van der Waals surface area contributed by atoms with E-state index in [0.717, 1.165) is 35.8 Å². The lowest BCUT2D eigenvalue weighted by atomic mass is 9.87. The Kier molecular flexibility index (Phi) is 5.24. The zero-order valence-electron chi connectivity index (χ0n) is 15.4. The zero-order valence-corrected chi connectivity index (χ0v) is 15.4. The van der Waals surface area contributed by atoms with Gasteiger partial charge in [-0.1, -0.05) is 24.3 Å². The lowest BCUT2D eigenvalue weighted by Crippen LogP contribution is -2.41. The molecule has 1 heterocycles. The predicted molar refractivity (Wildman–Crippen MR) is 102 cm³/mol. The highest BCUT2D eigenvalue weighted by Crippen LogP contribution is 2.32. The number of nitrogens with one attached hydrogen (secondary N) is 1. The third-order valence-electron chi connectivity index (χ3n) is 5.03. The summed E-state index contributed by atoms with van der Waals surface area (Å²) in [6.45, 7) is 1.52. The van der Waals surface area contributed by atoms with Crippen molar-refractivity contribution in [3.63, 3.8) is 0 Å². The minimum absolute atomic E-state index is 0.0243. The number of benzene rings is 3. The van der Waals surface area contributed by atoms with Crippen molar-refractivity contribution in [1.82, 2.24) is 5.32 Å². The molecule has 29 heavy (non-hydrogen) atoms. The molecule has 4 rings (SSSR count). The van der Waals surface area contributed by atoms with Gasteiger partial charge in [-0.25, -0.2) is 0 Å². The van der Waals surface area contributed by atoms with E-state index in [1.165, 1.54) is 24.3 Å². The maximum atomic E-state index is 12.3. The van der Waals surface area contributed by atoms with E-state index in [-0.39, 0.29) is 23.5 Å². The van der Waals surface area contributed by atoms with Crippen LogP contribution in [0.5, 0.6) is 17.2 Å². The molecule has 1 saturated heterocycles. The van der Waals surface area contributed by atoms with Crippen LogP contribution in [0.1, 0.15) is 17.9 Å². The van der Waals surface area contributed by atoms with E-state index >= 15 is 0 Å². The highest BCUT2D eigenvalue weighted by atomic mass is 19.4. The molecule has 3 aromatic carbocycles. The van der Waals surface area contributed by atoms with Crippen LogP contribution in [-0.4, -0.2) is 25.6 Å². The fraction of sp³-hybridized carbons (Fsp3) is 0.273. The van der Waals surface area contributed by atoms with Gasteiger partial charge >= 0.3 is 6.36 Å². The SMILES string of the molecule is [O]c1ccc2cc(C3CNCCC3Oc3ccc(OC(F)(F)F)cc3)ccc2c1. The van der Waals surface area contributed by atoms with Crippen LogP contribution >= 0.6 is 0 Å². The predicted octanol–water partition coefficient (Wildman–Crippen LogP) is 5.41. The van der Waals surface area contributed by atoms with E-state index in [1.54, 1.807) is 12.1 Å². The van der Waals surface area contributed by atoms with Crippen molar-refractivity contribution in [2.75, 3.05) is 13.1 Å². The van der Waals surface area contributed by atoms with Gasteiger partial charge in [0, 0.05) is 12.5 Å². The molecule has 0 saturated carbocycles. The molecule has 0 spiro atoms. The summed E-state index contributed by atoms with van der Waals surface area (Å²) in [4.78, 5) is 0. The summed E-state index contributed by atoms with van der Waals surface area (Å²) in [7, 11) is 0. The van der Waals surface area contributed by atoms with Gasteiger partial charge < -0.3 is 14.8 Å². The van der Waals surface area contributed by atoms with E-state index in [1.807, 2.05) is 18.2 Å². The van der Waals surface area contributed by atoms with E-state index in [0.29, 0.717) is 5.75 Å². The number of halogens is 3. The van der Waals surface area contributed by atoms with Gasteiger partial charge in [-0.3, -0.25) is 5.11 Å². The van der Waals surface area contributed by atoms with E-state index < -0.39 is 6.36 Å². The molecule has 7 heteroatoms. The first-order valence-electron chi connectivity index (χ1n) is 9.31. The molecule has 4 nitrogen and oxygen atoms in total. The second-order valence-electron chi connectivity index (χ2n) is 7.04. The highest BCUT2D eigenvalue weighted by molar-refractivity contribution is 5.84. The Morgan fingerprint density at radius 1 is 0.897 bits per heavy atom. The Balaban J connectivity index is 1.52. The monoisotopic (exact) mass is 402 g/mol. The molecule has 1 aliphatic heterocycles. The van der Waals surface area contributed by atoms with Crippen LogP contribution in [0.4, 0.5) is 13.2 Å². The van der Waals surface area contributed by atoms with Crippen LogP contribution in [0, 0.1) is 0 Å². The van der Waals surface area contributed by atoms with Crippen molar-refractivity contribution in [3.8, 4) is 17.2 Å². The van der Waals surface area contributed by atoms with E-state index in [4.69, 9.17) is 4.74 Å². The van der Waals surface area contributed by atoms with Crippen molar-refractivity contribution in [1.29, 1.82) is 0 Å². The minimum atomic E-state index is -4.72.